The molecule has 1 fully saturated rings. The molecule has 4 rings (SSSR count). The monoisotopic (exact) mass is 475 g/mol. The molecule has 1 saturated heterocycles. The third kappa shape index (κ3) is 5.01. The van der Waals surface area contributed by atoms with Gasteiger partial charge in [-0.1, -0.05) is 79.7 Å². The van der Waals surface area contributed by atoms with Crippen molar-refractivity contribution in [2.24, 2.45) is 0 Å². The van der Waals surface area contributed by atoms with E-state index in [-0.39, 0.29) is 12.4 Å². The first-order valence-corrected chi connectivity index (χ1v) is 11.4. The lowest BCUT2D eigenvalue weighted by Crippen LogP contribution is -2.45. The second-order valence-corrected chi connectivity index (χ2v) is 8.22. The highest BCUT2D eigenvalue weighted by Crippen LogP contribution is 2.32. The van der Waals surface area contributed by atoms with Gasteiger partial charge in [-0.3, -0.25) is 14.5 Å². The average Bonchev–Trinajstić information content (AvgIpc) is 3.13. The van der Waals surface area contributed by atoms with Crippen molar-refractivity contribution in [2.75, 3.05) is 13.2 Å². The summed E-state index contributed by atoms with van der Waals surface area (Å²) < 4.78 is 19.6. The lowest BCUT2D eigenvalue weighted by molar-refractivity contribution is -0.135. The number of amides is 4. The summed E-state index contributed by atoms with van der Waals surface area (Å²) in [6.07, 6.45) is 0.336. The predicted octanol–water partition coefficient (Wildman–Crippen LogP) is 3.92. The minimum Gasteiger partial charge on any atom is -0.488 e. The summed E-state index contributed by atoms with van der Waals surface area (Å²) in [4.78, 5) is 39.9. The van der Waals surface area contributed by atoms with E-state index >= 15 is 0 Å². The molecule has 0 saturated carbocycles. The van der Waals surface area contributed by atoms with Gasteiger partial charge in [0.05, 0.1) is 6.04 Å². The Morgan fingerprint density at radius 3 is 2.29 bits per heavy atom. The number of carbonyl (C=O) groups is 3. The molecule has 8 heteroatoms. The smallest absolute Gasteiger partial charge is 0.325 e. The number of carbonyl (C=O) groups excluding carboxylic acids is 3. The Bertz CT molecular complexity index is 1210. The summed E-state index contributed by atoms with van der Waals surface area (Å²) in [6.45, 7) is 1.31. The van der Waals surface area contributed by atoms with Crippen LogP contribution in [0, 0.1) is 5.82 Å². The Hall–Kier alpha value is -4.20. The molecule has 0 bridgehead atoms. The fraction of sp³-hybridized carbons (Fsp3) is 0.222. The topological polar surface area (TPSA) is 87.7 Å². The maximum absolute atomic E-state index is 14.0. The summed E-state index contributed by atoms with van der Waals surface area (Å²) in [6, 6.07) is 22.8. The first-order chi connectivity index (χ1) is 16.9. The molecular weight excluding hydrogens is 449 g/mol. The van der Waals surface area contributed by atoms with Crippen molar-refractivity contribution in [3.8, 4) is 5.75 Å². The molecule has 180 valence electrons. The molecule has 1 aliphatic rings. The maximum atomic E-state index is 14.0. The first-order valence-electron chi connectivity index (χ1n) is 11.4. The Morgan fingerprint density at radius 1 is 1.00 bits per heavy atom. The van der Waals surface area contributed by atoms with Gasteiger partial charge in [0, 0.05) is 0 Å². The van der Waals surface area contributed by atoms with E-state index in [9.17, 15) is 18.8 Å². The van der Waals surface area contributed by atoms with E-state index in [1.54, 1.807) is 55.5 Å². The van der Waals surface area contributed by atoms with Gasteiger partial charge in [-0.25, -0.2) is 9.18 Å². The molecule has 0 spiro atoms. The van der Waals surface area contributed by atoms with Crippen LogP contribution in [0.5, 0.6) is 5.75 Å². The Balaban J connectivity index is 1.49. The Morgan fingerprint density at radius 2 is 1.63 bits per heavy atom. The van der Waals surface area contributed by atoms with Gasteiger partial charge in [-0.2, -0.15) is 0 Å². The van der Waals surface area contributed by atoms with Crippen molar-refractivity contribution in [1.29, 1.82) is 0 Å². The fourth-order valence-electron chi connectivity index (χ4n) is 4.16. The summed E-state index contributed by atoms with van der Waals surface area (Å²) >= 11 is 0. The van der Waals surface area contributed by atoms with E-state index in [0.717, 1.165) is 10.5 Å². The average molecular weight is 476 g/mol. The van der Waals surface area contributed by atoms with Gasteiger partial charge < -0.3 is 15.4 Å². The van der Waals surface area contributed by atoms with Crippen LogP contribution in [-0.2, 0) is 15.1 Å². The zero-order valence-electron chi connectivity index (χ0n) is 19.2. The third-order valence-corrected chi connectivity index (χ3v) is 6.05. The lowest BCUT2D eigenvalue weighted by Gasteiger charge is -2.26. The summed E-state index contributed by atoms with van der Waals surface area (Å²) in [5, 5.41) is 5.58. The number of halogens is 1. The Labute approximate surface area is 202 Å². The minimum atomic E-state index is -1.22. The maximum Gasteiger partial charge on any atom is 0.325 e. The molecular formula is C27H26FN3O4. The first kappa shape index (κ1) is 23.9. The van der Waals surface area contributed by atoms with E-state index in [1.165, 1.54) is 12.1 Å². The Kier molecular flexibility index (Phi) is 7.10. The molecule has 1 heterocycles. The van der Waals surface area contributed by atoms with Gasteiger partial charge >= 0.3 is 6.03 Å². The number of imide groups is 1. The molecule has 35 heavy (non-hydrogen) atoms. The van der Waals surface area contributed by atoms with Gasteiger partial charge in [0.25, 0.3) is 5.91 Å². The molecule has 2 atom stereocenters. The van der Waals surface area contributed by atoms with E-state index in [1.807, 2.05) is 24.3 Å². The van der Waals surface area contributed by atoms with Crippen molar-refractivity contribution in [1.82, 2.24) is 15.5 Å². The standard InChI is InChI=1S/C27H26FN3O4/c1-2-27(20-13-7-4-8-14-20)25(33)31(26(34)30-27)17-24(32)29-22(19-11-5-3-6-12-19)18-35-23-16-10-9-15-21(23)28/h3-16,22H,2,17-18H2,1H3,(H,29,32)(H,30,34)/t22-,27+/m0/s1. The van der Waals surface area contributed by atoms with Crippen LogP contribution < -0.4 is 15.4 Å². The zero-order chi connectivity index (χ0) is 24.8. The summed E-state index contributed by atoms with van der Waals surface area (Å²) in [5.74, 6) is -1.47. The van der Waals surface area contributed by atoms with Gasteiger partial charge in [0.1, 0.15) is 18.7 Å². The minimum absolute atomic E-state index is 0.0419. The highest BCUT2D eigenvalue weighted by atomic mass is 19.1. The summed E-state index contributed by atoms with van der Waals surface area (Å²) in [5.41, 5.74) is 0.177. The van der Waals surface area contributed by atoms with Gasteiger partial charge in [-0.15, -0.1) is 0 Å². The van der Waals surface area contributed by atoms with Crippen LogP contribution in [0.25, 0.3) is 0 Å². The number of ether oxygens (including phenoxy) is 1. The van der Waals surface area contributed by atoms with Crippen molar-refractivity contribution in [3.63, 3.8) is 0 Å². The van der Waals surface area contributed by atoms with E-state index in [0.29, 0.717) is 12.0 Å². The number of benzene rings is 3. The van der Waals surface area contributed by atoms with Gasteiger partial charge in [0.2, 0.25) is 5.91 Å². The molecule has 3 aromatic rings. The zero-order valence-corrected chi connectivity index (χ0v) is 19.2. The van der Waals surface area contributed by atoms with E-state index < -0.39 is 41.8 Å². The number of para-hydroxylation sites is 1. The molecule has 0 radical (unpaired) electrons. The predicted molar refractivity (Wildman–Crippen MR) is 128 cm³/mol. The third-order valence-electron chi connectivity index (χ3n) is 6.05. The number of hydrogen-bond acceptors (Lipinski definition) is 4. The lowest BCUT2D eigenvalue weighted by atomic mass is 9.87. The molecule has 0 aromatic heterocycles. The molecule has 3 aromatic carbocycles. The molecule has 0 unspecified atom stereocenters. The van der Waals surface area contributed by atoms with Crippen LogP contribution in [0.3, 0.4) is 0 Å². The van der Waals surface area contributed by atoms with Crippen LogP contribution in [0.15, 0.2) is 84.9 Å². The number of rotatable bonds is 9. The van der Waals surface area contributed by atoms with Crippen LogP contribution in [0.4, 0.5) is 9.18 Å². The van der Waals surface area contributed by atoms with E-state index in [4.69, 9.17) is 4.74 Å². The van der Waals surface area contributed by atoms with E-state index in [2.05, 4.69) is 10.6 Å². The highest BCUT2D eigenvalue weighted by molar-refractivity contribution is 6.09. The van der Waals surface area contributed by atoms with Gasteiger partial charge in [0.15, 0.2) is 11.6 Å². The number of nitrogens with one attached hydrogen (secondary N) is 2. The number of nitrogens with zero attached hydrogens (tertiary/aromatic N) is 1. The van der Waals surface area contributed by atoms with Crippen molar-refractivity contribution < 1.29 is 23.5 Å². The second-order valence-electron chi connectivity index (χ2n) is 8.22. The molecule has 7 nitrogen and oxygen atoms in total. The second kappa shape index (κ2) is 10.4. The number of hydrogen-bond donors (Lipinski definition) is 2. The SMILES string of the molecule is CC[C@]1(c2ccccc2)NC(=O)N(CC(=O)N[C@@H](COc2ccccc2F)c2ccccc2)C1=O. The summed E-state index contributed by atoms with van der Waals surface area (Å²) in [7, 11) is 0. The number of urea groups is 1. The normalized spacial score (nSPS) is 18.2. The van der Waals surface area contributed by atoms with Crippen LogP contribution in [-0.4, -0.2) is 35.9 Å². The largest absolute Gasteiger partial charge is 0.488 e. The van der Waals surface area contributed by atoms with Crippen LogP contribution in [0.1, 0.15) is 30.5 Å². The van der Waals surface area contributed by atoms with Gasteiger partial charge in [-0.05, 0) is 29.7 Å². The highest BCUT2D eigenvalue weighted by Gasteiger charge is 2.51. The van der Waals surface area contributed by atoms with Crippen LogP contribution >= 0.6 is 0 Å². The molecule has 1 aliphatic heterocycles. The van der Waals surface area contributed by atoms with Crippen molar-refractivity contribution >= 4 is 17.8 Å². The quantitative estimate of drug-likeness (QED) is 0.459. The molecule has 0 aliphatic carbocycles. The fourth-order valence-corrected chi connectivity index (χ4v) is 4.16. The molecule has 4 amide bonds. The van der Waals surface area contributed by atoms with Crippen molar-refractivity contribution in [3.05, 3.63) is 102 Å². The van der Waals surface area contributed by atoms with Crippen molar-refractivity contribution in [2.45, 2.75) is 24.9 Å². The van der Waals surface area contributed by atoms with Crippen LogP contribution in [0.2, 0.25) is 0 Å². The molecule has 2 N–H and O–H groups in total.